The summed E-state index contributed by atoms with van der Waals surface area (Å²) in [6.45, 7) is 5.25. The average molecular weight is 378 g/mol. The summed E-state index contributed by atoms with van der Waals surface area (Å²) >= 11 is 0. The van der Waals surface area contributed by atoms with Gasteiger partial charge in [0.2, 0.25) is 0 Å². The van der Waals surface area contributed by atoms with Gasteiger partial charge in [0.25, 0.3) is 0 Å². The second-order valence-electron chi connectivity index (χ2n) is 7.60. The second-order valence-corrected chi connectivity index (χ2v) is 7.60. The van der Waals surface area contributed by atoms with E-state index in [0.717, 1.165) is 49.7 Å². The highest BCUT2D eigenvalue weighted by Crippen LogP contribution is 2.27. The number of likely N-dealkylation sites (tertiary alicyclic amines) is 1. The van der Waals surface area contributed by atoms with Crippen LogP contribution in [-0.4, -0.2) is 48.1 Å². The number of Topliss-reactive ketones (excluding diaryl/α,β-unsaturated/α-hetero) is 1. The molecule has 0 radical (unpaired) electrons. The summed E-state index contributed by atoms with van der Waals surface area (Å²) in [6, 6.07) is 7.96. The maximum Gasteiger partial charge on any atom is 0.159 e. The zero-order chi connectivity index (χ0) is 19.5. The van der Waals surface area contributed by atoms with Gasteiger partial charge >= 0.3 is 0 Å². The van der Waals surface area contributed by atoms with Crippen LogP contribution in [0.1, 0.15) is 53.3 Å². The highest BCUT2D eigenvalue weighted by Gasteiger charge is 2.26. The van der Waals surface area contributed by atoms with Crippen LogP contribution in [0.3, 0.4) is 0 Å². The molecule has 1 saturated heterocycles. The molecule has 28 heavy (non-hydrogen) atoms. The molecule has 3 aromatic rings. The van der Waals surface area contributed by atoms with Gasteiger partial charge in [-0.05, 0) is 31.9 Å². The summed E-state index contributed by atoms with van der Waals surface area (Å²) in [5.41, 5.74) is 2.01. The van der Waals surface area contributed by atoms with Crippen molar-refractivity contribution in [1.82, 2.24) is 29.2 Å². The minimum atomic E-state index is 0.110. The first kappa shape index (κ1) is 18.6. The Morgan fingerprint density at radius 3 is 2.71 bits per heavy atom. The van der Waals surface area contributed by atoms with Crippen LogP contribution >= 0.6 is 0 Å². The molecule has 7 heteroatoms. The van der Waals surface area contributed by atoms with Gasteiger partial charge in [-0.15, -0.1) is 10.2 Å². The lowest BCUT2D eigenvalue weighted by molar-refractivity contribution is 0.101. The summed E-state index contributed by atoms with van der Waals surface area (Å²) in [4.78, 5) is 18.0. The van der Waals surface area contributed by atoms with Gasteiger partial charge < -0.3 is 9.13 Å². The largest absolute Gasteiger partial charge is 0.330 e. The molecule has 1 aliphatic rings. The fourth-order valence-corrected chi connectivity index (χ4v) is 3.93. The molecule has 0 unspecified atom stereocenters. The number of aromatic nitrogens is 5. The number of ketones is 1. The Kier molecular flexibility index (Phi) is 5.34. The van der Waals surface area contributed by atoms with Crippen molar-refractivity contribution in [2.45, 2.75) is 38.8 Å². The molecule has 146 valence electrons. The topological polar surface area (TPSA) is 68.8 Å². The molecule has 0 aliphatic carbocycles. The number of hydrogen-bond acceptors (Lipinski definition) is 5. The third-order valence-corrected chi connectivity index (χ3v) is 5.52. The van der Waals surface area contributed by atoms with Crippen molar-refractivity contribution < 1.29 is 4.79 Å². The van der Waals surface area contributed by atoms with E-state index in [-0.39, 0.29) is 5.78 Å². The molecule has 0 spiro atoms. The van der Waals surface area contributed by atoms with Gasteiger partial charge in [-0.25, -0.2) is 4.98 Å². The number of piperidine rings is 1. The van der Waals surface area contributed by atoms with E-state index in [2.05, 4.69) is 43.8 Å². The average Bonchev–Trinajstić information content (AvgIpc) is 3.33. The number of imidazole rings is 1. The lowest BCUT2D eigenvalue weighted by Gasteiger charge is -2.32. The smallest absolute Gasteiger partial charge is 0.159 e. The number of carbonyl (C=O) groups excluding carboxylic acids is 1. The van der Waals surface area contributed by atoms with Crippen LogP contribution in [0.2, 0.25) is 0 Å². The molecule has 1 atom stereocenters. The SMILES string of the molecule is CC(=O)c1ccc(CN2CCC[C@@H](c3nnc(Cn4ccnc4)n3C)C2)cc1. The molecule has 7 nitrogen and oxygen atoms in total. The summed E-state index contributed by atoms with van der Waals surface area (Å²) in [6.07, 6.45) is 7.80. The van der Waals surface area contributed by atoms with E-state index < -0.39 is 0 Å². The van der Waals surface area contributed by atoms with Crippen molar-refractivity contribution in [3.63, 3.8) is 0 Å². The molecular formula is C21H26N6O. The number of benzene rings is 1. The predicted octanol–water partition coefficient (Wildman–Crippen LogP) is 2.64. The van der Waals surface area contributed by atoms with E-state index in [4.69, 9.17) is 0 Å². The summed E-state index contributed by atoms with van der Waals surface area (Å²) in [5, 5.41) is 8.92. The predicted molar refractivity (Wildman–Crippen MR) is 106 cm³/mol. The molecular weight excluding hydrogens is 352 g/mol. The molecule has 1 aromatic carbocycles. The van der Waals surface area contributed by atoms with Gasteiger partial charge in [-0.2, -0.15) is 0 Å². The third kappa shape index (κ3) is 4.04. The van der Waals surface area contributed by atoms with Crippen molar-refractivity contribution in [1.29, 1.82) is 0 Å². The minimum absolute atomic E-state index is 0.110. The molecule has 3 heterocycles. The van der Waals surface area contributed by atoms with Crippen LogP contribution in [0.15, 0.2) is 43.0 Å². The Labute approximate surface area is 165 Å². The van der Waals surface area contributed by atoms with Crippen molar-refractivity contribution >= 4 is 5.78 Å². The van der Waals surface area contributed by atoms with Gasteiger partial charge in [0.1, 0.15) is 5.82 Å². The van der Waals surface area contributed by atoms with Gasteiger partial charge in [-0.1, -0.05) is 24.3 Å². The second kappa shape index (κ2) is 8.06. The van der Waals surface area contributed by atoms with Gasteiger partial charge in [0.15, 0.2) is 11.6 Å². The number of nitrogens with zero attached hydrogens (tertiary/aromatic N) is 6. The maximum absolute atomic E-state index is 11.4. The highest BCUT2D eigenvalue weighted by molar-refractivity contribution is 5.93. The lowest BCUT2D eigenvalue weighted by atomic mass is 9.96. The van der Waals surface area contributed by atoms with Gasteiger partial charge in [-0.3, -0.25) is 9.69 Å². The van der Waals surface area contributed by atoms with Crippen LogP contribution < -0.4 is 0 Å². The minimum Gasteiger partial charge on any atom is -0.330 e. The monoisotopic (exact) mass is 378 g/mol. The third-order valence-electron chi connectivity index (χ3n) is 5.52. The molecule has 4 rings (SSSR count). The van der Waals surface area contributed by atoms with Crippen LogP contribution in [0.5, 0.6) is 0 Å². The first-order valence-electron chi connectivity index (χ1n) is 9.76. The molecule has 0 saturated carbocycles. The molecule has 0 N–H and O–H groups in total. The quantitative estimate of drug-likeness (QED) is 0.617. The Hall–Kier alpha value is -2.80. The van der Waals surface area contributed by atoms with Gasteiger partial charge in [0, 0.05) is 44.0 Å². The van der Waals surface area contributed by atoms with Gasteiger partial charge in [0.05, 0.1) is 12.9 Å². The van der Waals surface area contributed by atoms with E-state index in [1.165, 1.54) is 5.56 Å². The number of carbonyl (C=O) groups is 1. The van der Waals surface area contributed by atoms with E-state index >= 15 is 0 Å². The number of rotatable bonds is 6. The van der Waals surface area contributed by atoms with E-state index in [1.54, 1.807) is 19.4 Å². The van der Waals surface area contributed by atoms with Crippen LogP contribution in [-0.2, 0) is 20.1 Å². The first-order valence-corrected chi connectivity index (χ1v) is 9.76. The van der Waals surface area contributed by atoms with Crippen molar-refractivity contribution in [2.24, 2.45) is 7.05 Å². The summed E-state index contributed by atoms with van der Waals surface area (Å²) in [5.74, 6) is 2.51. The standard InChI is InChI=1S/C21H26N6O/c1-16(28)18-7-5-17(6-8-18)12-26-10-3-4-19(13-26)21-24-23-20(25(21)2)14-27-11-9-22-15-27/h5-9,11,15,19H,3-4,10,12-14H2,1-2H3/t19-/m1/s1. The fraction of sp³-hybridized carbons (Fsp3) is 0.429. The number of hydrogen-bond donors (Lipinski definition) is 0. The lowest BCUT2D eigenvalue weighted by Crippen LogP contribution is -2.34. The molecule has 1 fully saturated rings. The molecule has 0 bridgehead atoms. The molecule has 1 aliphatic heterocycles. The molecule has 2 aromatic heterocycles. The Morgan fingerprint density at radius 2 is 2.00 bits per heavy atom. The van der Waals surface area contributed by atoms with Crippen LogP contribution in [0.25, 0.3) is 0 Å². The van der Waals surface area contributed by atoms with E-state index in [1.807, 2.05) is 22.9 Å². The summed E-state index contributed by atoms with van der Waals surface area (Å²) < 4.78 is 4.14. The van der Waals surface area contributed by atoms with Crippen LogP contribution in [0.4, 0.5) is 0 Å². The summed E-state index contributed by atoms with van der Waals surface area (Å²) in [7, 11) is 2.06. The fourth-order valence-electron chi connectivity index (χ4n) is 3.93. The normalized spacial score (nSPS) is 17.7. The van der Waals surface area contributed by atoms with E-state index in [0.29, 0.717) is 12.5 Å². The van der Waals surface area contributed by atoms with Crippen LogP contribution in [0, 0.1) is 0 Å². The van der Waals surface area contributed by atoms with Crippen molar-refractivity contribution in [3.05, 3.63) is 65.8 Å². The zero-order valence-electron chi connectivity index (χ0n) is 16.5. The maximum atomic E-state index is 11.4. The Balaban J connectivity index is 1.42. The Morgan fingerprint density at radius 1 is 1.18 bits per heavy atom. The Bertz CT molecular complexity index is 928. The first-order chi connectivity index (χ1) is 13.6. The van der Waals surface area contributed by atoms with E-state index in [9.17, 15) is 4.79 Å². The molecule has 0 amide bonds. The highest BCUT2D eigenvalue weighted by atomic mass is 16.1. The zero-order valence-corrected chi connectivity index (χ0v) is 16.5. The van der Waals surface area contributed by atoms with Crippen molar-refractivity contribution in [2.75, 3.05) is 13.1 Å². The van der Waals surface area contributed by atoms with Crippen molar-refractivity contribution in [3.8, 4) is 0 Å².